The van der Waals surface area contributed by atoms with Crippen molar-refractivity contribution in [2.75, 3.05) is 0 Å². The molecule has 0 aliphatic carbocycles. The van der Waals surface area contributed by atoms with E-state index in [1.165, 1.54) is 16.4 Å². The average molecular weight is 278 g/mol. The zero-order chi connectivity index (χ0) is 14.0. The molecule has 1 atom stereocenters. The summed E-state index contributed by atoms with van der Waals surface area (Å²) in [7, 11) is 1.63. The second kappa shape index (κ2) is 5.41. The molecule has 2 aromatic rings. The highest BCUT2D eigenvalue weighted by molar-refractivity contribution is 7.99. The van der Waals surface area contributed by atoms with E-state index in [9.17, 15) is 9.59 Å². The molecule has 0 aliphatic rings. The van der Waals surface area contributed by atoms with E-state index in [1.807, 2.05) is 31.2 Å². The van der Waals surface area contributed by atoms with Crippen molar-refractivity contribution in [2.24, 2.45) is 12.8 Å². The minimum Gasteiger partial charge on any atom is -0.324 e. The Morgan fingerprint density at radius 3 is 2.74 bits per heavy atom. The van der Waals surface area contributed by atoms with Crippen molar-refractivity contribution in [1.29, 1.82) is 0 Å². The molecule has 19 heavy (non-hydrogen) atoms. The van der Waals surface area contributed by atoms with Gasteiger partial charge in [0.05, 0.1) is 0 Å². The van der Waals surface area contributed by atoms with Gasteiger partial charge in [-0.25, -0.2) is 0 Å². The number of benzene rings is 1. The first-order chi connectivity index (χ1) is 8.99. The largest absolute Gasteiger partial charge is 0.339 e. The average Bonchev–Trinajstić information content (AvgIpc) is 2.36. The fraction of sp³-hybridized carbons (Fsp3) is 0.250. The molecule has 0 spiro atoms. The number of hydrogen-bond donors (Lipinski definition) is 2. The zero-order valence-corrected chi connectivity index (χ0v) is 11.4. The number of aryl methyl sites for hydroxylation is 1. The quantitative estimate of drug-likeness (QED) is 0.804. The van der Waals surface area contributed by atoms with Crippen LogP contribution in [-0.4, -0.2) is 14.8 Å². The molecule has 7 heteroatoms. The molecule has 100 valence electrons. The van der Waals surface area contributed by atoms with Crippen LogP contribution in [0.25, 0.3) is 0 Å². The Kier molecular flexibility index (Phi) is 3.87. The van der Waals surface area contributed by atoms with Crippen molar-refractivity contribution in [3.8, 4) is 0 Å². The minimum atomic E-state index is -0.793. The Balaban J connectivity index is 2.45. The molecule has 1 aromatic heterocycles. The minimum absolute atomic E-state index is 0.122. The second-order valence-electron chi connectivity index (χ2n) is 4.13. The normalized spacial score (nSPS) is 12.4. The summed E-state index contributed by atoms with van der Waals surface area (Å²) in [6, 6.07) is 7.50. The summed E-state index contributed by atoms with van der Waals surface area (Å²) in [5.74, 6) is 0. The number of hydrogen-bond acceptors (Lipinski definition) is 5. The van der Waals surface area contributed by atoms with E-state index >= 15 is 0 Å². The number of nitrogens with one attached hydrogen (secondary N) is 1. The van der Waals surface area contributed by atoms with Gasteiger partial charge in [0, 0.05) is 18.0 Å². The summed E-state index contributed by atoms with van der Waals surface area (Å²) in [6.07, 6.45) is 0. The SMILES string of the molecule is C[C@H](N)c1ccccc1Sc1nc(=O)c(=O)[nH]n1C. The van der Waals surface area contributed by atoms with Gasteiger partial charge in [0.2, 0.25) is 0 Å². The third-order valence-corrected chi connectivity index (χ3v) is 3.70. The maximum absolute atomic E-state index is 11.3. The molecule has 0 bridgehead atoms. The molecule has 1 heterocycles. The van der Waals surface area contributed by atoms with Crippen LogP contribution >= 0.6 is 11.8 Å². The van der Waals surface area contributed by atoms with Crippen LogP contribution in [0.15, 0.2) is 43.9 Å². The van der Waals surface area contributed by atoms with E-state index in [0.29, 0.717) is 5.16 Å². The van der Waals surface area contributed by atoms with Crippen molar-refractivity contribution in [3.05, 3.63) is 50.5 Å². The van der Waals surface area contributed by atoms with E-state index in [2.05, 4.69) is 10.1 Å². The van der Waals surface area contributed by atoms with E-state index in [1.54, 1.807) is 7.05 Å². The highest BCUT2D eigenvalue weighted by Gasteiger charge is 2.11. The van der Waals surface area contributed by atoms with Crippen LogP contribution in [0.2, 0.25) is 0 Å². The number of aromatic amines is 1. The molecule has 0 fully saturated rings. The van der Waals surface area contributed by atoms with Crippen molar-refractivity contribution < 1.29 is 0 Å². The van der Waals surface area contributed by atoms with Crippen LogP contribution < -0.4 is 16.9 Å². The van der Waals surface area contributed by atoms with Crippen LogP contribution in [0, 0.1) is 0 Å². The number of rotatable bonds is 3. The van der Waals surface area contributed by atoms with E-state index in [0.717, 1.165) is 10.5 Å². The first-order valence-corrected chi connectivity index (χ1v) is 6.50. The lowest BCUT2D eigenvalue weighted by Crippen LogP contribution is -2.33. The van der Waals surface area contributed by atoms with Crippen LogP contribution in [0.3, 0.4) is 0 Å². The van der Waals surface area contributed by atoms with Gasteiger partial charge in [-0.1, -0.05) is 18.2 Å². The topological polar surface area (TPSA) is 93.8 Å². The number of aromatic nitrogens is 3. The third kappa shape index (κ3) is 2.94. The fourth-order valence-corrected chi connectivity index (χ4v) is 2.63. The standard InChI is InChI=1S/C12H14N4O2S/c1-7(13)8-5-3-4-6-9(8)19-12-14-10(17)11(18)15-16(12)2/h3-7H,13H2,1-2H3,(H,15,18)/t7-/m0/s1. The molecular formula is C12H14N4O2S. The molecule has 0 saturated heterocycles. The second-order valence-corrected chi connectivity index (χ2v) is 5.14. The van der Waals surface area contributed by atoms with Gasteiger partial charge in [-0.2, -0.15) is 4.98 Å². The molecule has 3 N–H and O–H groups in total. The van der Waals surface area contributed by atoms with Crippen LogP contribution in [0.4, 0.5) is 0 Å². The van der Waals surface area contributed by atoms with E-state index in [4.69, 9.17) is 5.73 Å². The summed E-state index contributed by atoms with van der Waals surface area (Å²) in [4.78, 5) is 27.1. The number of nitrogens with zero attached hydrogens (tertiary/aromatic N) is 2. The van der Waals surface area contributed by atoms with Crippen molar-refractivity contribution in [3.63, 3.8) is 0 Å². The number of H-pyrrole nitrogens is 1. The van der Waals surface area contributed by atoms with Crippen LogP contribution in [0.5, 0.6) is 0 Å². The smallest absolute Gasteiger partial charge is 0.324 e. The lowest BCUT2D eigenvalue weighted by Gasteiger charge is -2.12. The molecule has 0 unspecified atom stereocenters. The Morgan fingerprint density at radius 1 is 1.37 bits per heavy atom. The summed E-state index contributed by atoms with van der Waals surface area (Å²) >= 11 is 1.29. The maximum atomic E-state index is 11.3. The third-order valence-electron chi connectivity index (χ3n) is 2.56. The molecule has 1 aromatic carbocycles. The van der Waals surface area contributed by atoms with Gasteiger partial charge in [0.15, 0.2) is 5.16 Å². The van der Waals surface area contributed by atoms with Gasteiger partial charge in [0.1, 0.15) is 0 Å². The predicted molar refractivity (Wildman–Crippen MR) is 73.3 cm³/mol. The van der Waals surface area contributed by atoms with Gasteiger partial charge < -0.3 is 5.73 Å². The predicted octanol–water partition coefficient (Wildman–Crippen LogP) is 0.639. The van der Waals surface area contributed by atoms with Crippen molar-refractivity contribution >= 4 is 11.8 Å². The summed E-state index contributed by atoms with van der Waals surface area (Å²) in [5.41, 5.74) is 5.34. The van der Waals surface area contributed by atoms with Crippen LogP contribution in [0.1, 0.15) is 18.5 Å². The van der Waals surface area contributed by atoms with Gasteiger partial charge in [0.25, 0.3) is 0 Å². The zero-order valence-electron chi connectivity index (χ0n) is 10.6. The first kappa shape index (κ1) is 13.6. The highest BCUT2D eigenvalue weighted by atomic mass is 32.2. The van der Waals surface area contributed by atoms with Gasteiger partial charge >= 0.3 is 11.1 Å². The summed E-state index contributed by atoms with van der Waals surface area (Å²) in [5, 5.41) is 2.82. The van der Waals surface area contributed by atoms with Gasteiger partial charge in [-0.05, 0) is 30.3 Å². The molecule has 2 rings (SSSR count). The Hall–Kier alpha value is -1.86. The lowest BCUT2D eigenvalue weighted by atomic mass is 10.1. The van der Waals surface area contributed by atoms with E-state index < -0.39 is 11.1 Å². The Labute approximate surface area is 113 Å². The van der Waals surface area contributed by atoms with Gasteiger partial charge in [-0.3, -0.25) is 19.4 Å². The molecular weight excluding hydrogens is 264 g/mol. The fourth-order valence-electron chi connectivity index (χ4n) is 1.60. The summed E-state index contributed by atoms with van der Waals surface area (Å²) < 4.78 is 1.42. The molecule has 0 aliphatic heterocycles. The van der Waals surface area contributed by atoms with Crippen LogP contribution in [-0.2, 0) is 7.05 Å². The molecule has 0 saturated carbocycles. The van der Waals surface area contributed by atoms with Gasteiger partial charge in [-0.15, -0.1) is 0 Å². The molecule has 6 nitrogen and oxygen atoms in total. The lowest BCUT2D eigenvalue weighted by molar-refractivity contribution is 0.596. The highest BCUT2D eigenvalue weighted by Crippen LogP contribution is 2.30. The monoisotopic (exact) mass is 278 g/mol. The van der Waals surface area contributed by atoms with Crippen molar-refractivity contribution in [1.82, 2.24) is 14.8 Å². The first-order valence-electron chi connectivity index (χ1n) is 5.68. The van der Waals surface area contributed by atoms with E-state index in [-0.39, 0.29) is 6.04 Å². The Bertz CT molecular complexity index is 705. The molecule has 0 radical (unpaired) electrons. The summed E-state index contributed by atoms with van der Waals surface area (Å²) in [6.45, 7) is 1.89. The number of nitrogens with two attached hydrogens (primary N) is 1. The Morgan fingerprint density at radius 2 is 2.05 bits per heavy atom. The van der Waals surface area contributed by atoms with Crippen molar-refractivity contribution in [2.45, 2.75) is 23.0 Å². The molecule has 0 amide bonds. The maximum Gasteiger partial charge on any atom is 0.339 e.